The third kappa shape index (κ3) is 5.13. The number of piperidine rings is 2. The Hall–Kier alpha value is -2.82. The van der Waals surface area contributed by atoms with Gasteiger partial charge < -0.3 is 11.1 Å². The Morgan fingerprint density at radius 2 is 1.74 bits per heavy atom. The van der Waals surface area contributed by atoms with E-state index in [2.05, 4.69) is 10.3 Å². The van der Waals surface area contributed by atoms with Gasteiger partial charge in [-0.15, -0.1) is 0 Å². The first-order valence-electron chi connectivity index (χ1n) is 11.7. The molecule has 2 amide bonds. The molecule has 1 aromatic heterocycles. The number of pyridine rings is 1. The molecule has 1 atom stereocenters. The van der Waals surface area contributed by atoms with Crippen molar-refractivity contribution < 1.29 is 18.0 Å². The average molecular weight is 486 g/mol. The van der Waals surface area contributed by atoms with Crippen molar-refractivity contribution >= 4 is 27.5 Å². The average Bonchev–Trinajstić information content (AvgIpc) is 2.85. The quantitative estimate of drug-likeness (QED) is 0.615. The van der Waals surface area contributed by atoms with E-state index in [4.69, 9.17) is 5.73 Å². The number of benzene rings is 1. The summed E-state index contributed by atoms with van der Waals surface area (Å²) in [6.45, 7) is 2.17. The van der Waals surface area contributed by atoms with Gasteiger partial charge in [-0.05, 0) is 68.6 Å². The highest BCUT2D eigenvalue weighted by molar-refractivity contribution is 7.89. The molecular weight excluding hydrogens is 454 g/mol. The first-order valence-corrected chi connectivity index (χ1v) is 13.1. The number of nitrogens with one attached hydrogen (secondary N) is 1. The van der Waals surface area contributed by atoms with Crippen LogP contribution in [-0.4, -0.2) is 67.1 Å². The zero-order chi connectivity index (χ0) is 24.2. The van der Waals surface area contributed by atoms with E-state index < -0.39 is 21.3 Å². The molecule has 3 N–H and O–H groups in total. The van der Waals surface area contributed by atoms with Gasteiger partial charge in [0.25, 0.3) is 0 Å². The van der Waals surface area contributed by atoms with Crippen LogP contribution in [0.25, 0.3) is 0 Å². The predicted molar refractivity (Wildman–Crippen MR) is 128 cm³/mol. The van der Waals surface area contributed by atoms with Crippen molar-refractivity contribution in [3.05, 3.63) is 54.4 Å². The van der Waals surface area contributed by atoms with Crippen LogP contribution in [0.5, 0.6) is 0 Å². The maximum atomic E-state index is 12.8. The molecule has 0 radical (unpaired) electrons. The number of nitrogens with zero attached hydrogens (tertiary/aromatic N) is 3. The summed E-state index contributed by atoms with van der Waals surface area (Å²) in [5.41, 5.74) is 6.01. The van der Waals surface area contributed by atoms with Crippen LogP contribution in [0.2, 0.25) is 0 Å². The molecule has 3 heterocycles. The van der Waals surface area contributed by atoms with E-state index in [1.807, 2.05) is 11.0 Å². The Labute approximate surface area is 200 Å². The van der Waals surface area contributed by atoms with Crippen molar-refractivity contribution in [3.63, 3.8) is 0 Å². The highest BCUT2D eigenvalue weighted by Crippen LogP contribution is 2.32. The molecule has 2 saturated heterocycles. The number of hydrogen-bond acceptors (Lipinski definition) is 6. The number of primary amides is 1. The number of amides is 2. The number of rotatable bonds is 7. The first-order chi connectivity index (χ1) is 16.3. The maximum Gasteiger partial charge on any atom is 0.243 e. The predicted octanol–water partition coefficient (Wildman–Crippen LogP) is 1.71. The third-order valence-electron chi connectivity index (χ3n) is 6.66. The monoisotopic (exact) mass is 485 g/mol. The van der Waals surface area contributed by atoms with E-state index >= 15 is 0 Å². The molecule has 0 aliphatic carbocycles. The fourth-order valence-corrected chi connectivity index (χ4v) is 6.35. The van der Waals surface area contributed by atoms with E-state index in [0.29, 0.717) is 44.0 Å². The summed E-state index contributed by atoms with van der Waals surface area (Å²) in [7, 11) is -3.51. The highest BCUT2D eigenvalue weighted by Gasteiger charge is 2.43. The van der Waals surface area contributed by atoms with E-state index in [1.54, 1.807) is 30.5 Å². The Morgan fingerprint density at radius 3 is 2.38 bits per heavy atom. The van der Waals surface area contributed by atoms with Crippen molar-refractivity contribution in [1.29, 1.82) is 0 Å². The number of hydrogen-bond donors (Lipinski definition) is 2. The van der Waals surface area contributed by atoms with Gasteiger partial charge in [0.1, 0.15) is 5.41 Å². The highest BCUT2D eigenvalue weighted by atomic mass is 32.2. The number of aromatic nitrogens is 1. The molecule has 182 valence electrons. The van der Waals surface area contributed by atoms with E-state index in [1.165, 1.54) is 16.4 Å². The molecule has 0 bridgehead atoms. The van der Waals surface area contributed by atoms with Gasteiger partial charge in [-0.2, -0.15) is 4.31 Å². The Kier molecular flexibility index (Phi) is 7.30. The topological polar surface area (TPSA) is 126 Å². The number of sulfonamides is 1. The van der Waals surface area contributed by atoms with Crippen molar-refractivity contribution in [2.45, 2.75) is 42.4 Å². The fraction of sp³-hybridized carbons (Fsp3) is 0.458. The standard InChI is InChI=1S/C24H31N5O4S/c25-23(31)24(21-7-2-3-13-26-21)12-6-14-28(18-24)17-22(30)27-19-8-10-20(11-9-19)34(32,33)29-15-4-1-5-16-29/h2-3,7-11,13H,1,4-6,12,14-18H2,(H2,25,31)(H,27,30). The molecule has 0 saturated carbocycles. The van der Waals surface area contributed by atoms with Crippen molar-refractivity contribution in [2.75, 3.05) is 38.0 Å². The lowest BCUT2D eigenvalue weighted by molar-refractivity contribution is -0.127. The van der Waals surface area contributed by atoms with Gasteiger partial charge in [0.2, 0.25) is 21.8 Å². The SMILES string of the molecule is NC(=O)C1(c2ccccn2)CCCN(CC(=O)Nc2ccc(S(=O)(=O)N3CCCCC3)cc2)C1. The van der Waals surface area contributed by atoms with E-state index in [-0.39, 0.29) is 17.3 Å². The number of nitrogens with two attached hydrogens (primary N) is 1. The molecule has 2 aromatic rings. The second kappa shape index (κ2) is 10.2. The first kappa shape index (κ1) is 24.3. The lowest BCUT2D eigenvalue weighted by atomic mass is 9.76. The minimum atomic E-state index is -3.51. The molecule has 4 rings (SSSR count). The van der Waals surface area contributed by atoms with Gasteiger partial charge in [-0.3, -0.25) is 19.5 Å². The van der Waals surface area contributed by atoms with Gasteiger partial charge in [0.15, 0.2) is 0 Å². The summed E-state index contributed by atoms with van der Waals surface area (Å²) in [6, 6.07) is 11.7. The van der Waals surface area contributed by atoms with Gasteiger partial charge >= 0.3 is 0 Å². The molecule has 34 heavy (non-hydrogen) atoms. The molecule has 1 unspecified atom stereocenters. The van der Waals surface area contributed by atoms with Gasteiger partial charge in [0, 0.05) is 31.5 Å². The summed E-state index contributed by atoms with van der Waals surface area (Å²) >= 11 is 0. The van der Waals surface area contributed by atoms with Crippen LogP contribution in [0.3, 0.4) is 0 Å². The zero-order valence-electron chi connectivity index (χ0n) is 19.2. The Bertz CT molecular complexity index is 1120. The second-order valence-corrected chi connectivity index (χ2v) is 11.0. The summed E-state index contributed by atoms with van der Waals surface area (Å²) in [5, 5.41) is 2.82. The molecule has 0 spiro atoms. The zero-order valence-corrected chi connectivity index (χ0v) is 20.0. The largest absolute Gasteiger partial charge is 0.369 e. The molecular formula is C24H31N5O4S. The lowest BCUT2D eigenvalue weighted by Crippen LogP contribution is -2.55. The summed E-state index contributed by atoms with van der Waals surface area (Å²) in [6.07, 6.45) is 5.75. The smallest absolute Gasteiger partial charge is 0.243 e. The number of carbonyl (C=O) groups is 2. The number of anilines is 1. The van der Waals surface area contributed by atoms with Crippen LogP contribution in [0, 0.1) is 0 Å². The van der Waals surface area contributed by atoms with Crippen LogP contribution in [0.4, 0.5) is 5.69 Å². The molecule has 2 aliphatic rings. The summed E-state index contributed by atoms with van der Waals surface area (Å²) in [5.74, 6) is -0.685. The number of likely N-dealkylation sites (tertiary alicyclic amines) is 1. The Morgan fingerprint density at radius 1 is 1.00 bits per heavy atom. The van der Waals surface area contributed by atoms with Crippen LogP contribution < -0.4 is 11.1 Å². The fourth-order valence-electron chi connectivity index (χ4n) is 4.83. The third-order valence-corrected chi connectivity index (χ3v) is 8.57. The Balaban J connectivity index is 1.39. The summed E-state index contributed by atoms with van der Waals surface area (Å²) in [4.78, 5) is 31.6. The maximum absolute atomic E-state index is 12.8. The van der Waals surface area contributed by atoms with Gasteiger partial charge in [0.05, 0.1) is 17.1 Å². The van der Waals surface area contributed by atoms with E-state index in [0.717, 1.165) is 25.7 Å². The minimum Gasteiger partial charge on any atom is -0.369 e. The molecule has 1 aromatic carbocycles. The summed E-state index contributed by atoms with van der Waals surface area (Å²) < 4.78 is 27.1. The van der Waals surface area contributed by atoms with E-state index in [9.17, 15) is 18.0 Å². The molecule has 2 fully saturated rings. The minimum absolute atomic E-state index is 0.0929. The van der Waals surface area contributed by atoms with Crippen molar-refractivity contribution in [3.8, 4) is 0 Å². The molecule has 9 nitrogen and oxygen atoms in total. The van der Waals surface area contributed by atoms with Gasteiger partial charge in [-0.1, -0.05) is 12.5 Å². The second-order valence-electron chi connectivity index (χ2n) is 9.01. The van der Waals surface area contributed by atoms with Crippen LogP contribution in [0.1, 0.15) is 37.8 Å². The van der Waals surface area contributed by atoms with Crippen molar-refractivity contribution in [2.24, 2.45) is 5.73 Å². The van der Waals surface area contributed by atoms with Crippen LogP contribution >= 0.6 is 0 Å². The number of carbonyl (C=O) groups excluding carboxylic acids is 2. The normalized spacial score (nSPS) is 22.2. The van der Waals surface area contributed by atoms with Gasteiger partial charge in [-0.25, -0.2) is 8.42 Å². The van der Waals surface area contributed by atoms with Crippen molar-refractivity contribution in [1.82, 2.24) is 14.2 Å². The lowest BCUT2D eigenvalue weighted by Gasteiger charge is -2.40. The molecule has 10 heteroatoms. The van der Waals surface area contributed by atoms with Crippen LogP contribution in [-0.2, 0) is 25.0 Å². The van der Waals surface area contributed by atoms with Crippen LogP contribution in [0.15, 0.2) is 53.6 Å². The molecule has 2 aliphatic heterocycles.